The molecule has 0 aliphatic carbocycles. The summed E-state index contributed by atoms with van der Waals surface area (Å²) >= 11 is 0. The Hall–Kier alpha value is 0. The highest BCUT2D eigenvalue weighted by Crippen LogP contribution is 2.23. The summed E-state index contributed by atoms with van der Waals surface area (Å²) in [4.78, 5) is 0. The normalized spacial score (nSPS) is 17.0. The van der Waals surface area contributed by atoms with Gasteiger partial charge in [0.05, 0.1) is 0 Å². The van der Waals surface area contributed by atoms with Crippen molar-refractivity contribution in [3.63, 3.8) is 0 Å². The molecule has 140 valence electrons. The van der Waals surface area contributed by atoms with Crippen molar-refractivity contribution >= 4 is 0 Å². The minimum atomic E-state index is 0.932. The fraction of sp³-hybridized carbons (Fsp3) is 1.00. The van der Waals surface area contributed by atoms with E-state index in [1.165, 1.54) is 83.5 Å². The number of hydrogen-bond donors (Lipinski definition) is 0. The lowest BCUT2D eigenvalue weighted by atomic mass is 9.90. The van der Waals surface area contributed by atoms with Gasteiger partial charge in [-0.05, 0) is 23.7 Å². The molecule has 0 heteroatoms. The molecule has 0 heterocycles. The van der Waals surface area contributed by atoms with Crippen LogP contribution in [-0.2, 0) is 0 Å². The summed E-state index contributed by atoms with van der Waals surface area (Å²) < 4.78 is 0. The average molecular weight is 325 g/mol. The van der Waals surface area contributed by atoms with Gasteiger partial charge in [0.1, 0.15) is 0 Å². The maximum atomic E-state index is 2.48. The largest absolute Gasteiger partial charge is 0.0654 e. The molecule has 0 aliphatic rings. The van der Waals surface area contributed by atoms with E-state index in [0.717, 1.165) is 23.7 Å². The van der Waals surface area contributed by atoms with Gasteiger partial charge in [-0.3, -0.25) is 0 Å². The molecule has 0 bridgehead atoms. The molecule has 0 saturated carbocycles. The van der Waals surface area contributed by atoms with Crippen molar-refractivity contribution in [2.45, 2.75) is 125 Å². The Labute approximate surface area is 149 Å². The van der Waals surface area contributed by atoms with Gasteiger partial charge in [0, 0.05) is 0 Å². The van der Waals surface area contributed by atoms with Gasteiger partial charge in [-0.2, -0.15) is 0 Å². The summed E-state index contributed by atoms with van der Waals surface area (Å²) in [6.45, 7) is 14.4. The first kappa shape index (κ1) is 23.0. The summed E-state index contributed by atoms with van der Waals surface area (Å²) in [5.41, 5.74) is 0. The van der Waals surface area contributed by atoms with E-state index < -0.39 is 0 Å². The molecule has 4 atom stereocenters. The fourth-order valence-corrected chi connectivity index (χ4v) is 3.63. The maximum absolute atomic E-state index is 2.48. The van der Waals surface area contributed by atoms with Gasteiger partial charge in [0.15, 0.2) is 0 Å². The molecular formula is C23H48. The van der Waals surface area contributed by atoms with Crippen LogP contribution in [0.5, 0.6) is 0 Å². The van der Waals surface area contributed by atoms with E-state index in [1.54, 1.807) is 0 Å². The lowest BCUT2D eigenvalue weighted by molar-refractivity contribution is 0.369. The standard InChI is InChI=1S/C23H48/c1-7-9-13-21(4)16-11-17-23(6)19-12-18-22(5)15-10-14-20(3)8-2/h20-23H,7-19H2,1-6H3. The maximum Gasteiger partial charge on any atom is -0.0443 e. The van der Waals surface area contributed by atoms with E-state index in [9.17, 15) is 0 Å². The van der Waals surface area contributed by atoms with Gasteiger partial charge in [-0.1, -0.05) is 125 Å². The second-order valence-corrected chi connectivity index (χ2v) is 8.76. The summed E-state index contributed by atoms with van der Waals surface area (Å²) in [6, 6.07) is 0. The molecule has 0 aromatic rings. The van der Waals surface area contributed by atoms with Crippen LogP contribution in [0.4, 0.5) is 0 Å². The van der Waals surface area contributed by atoms with Crippen molar-refractivity contribution in [2.24, 2.45) is 23.7 Å². The van der Waals surface area contributed by atoms with E-state index in [0.29, 0.717) is 0 Å². The molecule has 4 unspecified atom stereocenters. The van der Waals surface area contributed by atoms with Crippen LogP contribution in [-0.4, -0.2) is 0 Å². The Morgan fingerprint density at radius 1 is 0.435 bits per heavy atom. The minimum Gasteiger partial charge on any atom is -0.0654 e. The molecule has 0 aromatic carbocycles. The second-order valence-electron chi connectivity index (χ2n) is 8.76. The second kappa shape index (κ2) is 15.5. The van der Waals surface area contributed by atoms with Crippen LogP contribution in [0, 0.1) is 23.7 Å². The van der Waals surface area contributed by atoms with Gasteiger partial charge >= 0.3 is 0 Å². The van der Waals surface area contributed by atoms with Gasteiger partial charge in [0.2, 0.25) is 0 Å². The van der Waals surface area contributed by atoms with E-state index in [2.05, 4.69) is 41.5 Å². The Morgan fingerprint density at radius 2 is 0.739 bits per heavy atom. The van der Waals surface area contributed by atoms with E-state index in [1.807, 2.05) is 0 Å². The summed E-state index contributed by atoms with van der Waals surface area (Å²) in [7, 11) is 0. The molecule has 0 amide bonds. The number of rotatable bonds is 16. The predicted molar refractivity (Wildman–Crippen MR) is 108 cm³/mol. The molecule has 0 spiro atoms. The van der Waals surface area contributed by atoms with Gasteiger partial charge < -0.3 is 0 Å². The molecule has 0 radical (unpaired) electrons. The first-order valence-electron chi connectivity index (χ1n) is 11.0. The zero-order valence-corrected chi connectivity index (χ0v) is 17.5. The third-order valence-electron chi connectivity index (χ3n) is 5.93. The van der Waals surface area contributed by atoms with Crippen molar-refractivity contribution in [3.05, 3.63) is 0 Å². The third kappa shape index (κ3) is 15.3. The summed E-state index contributed by atoms with van der Waals surface area (Å²) in [5, 5.41) is 0. The van der Waals surface area contributed by atoms with Gasteiger partial charge in [0.25, 0.3) is 0 Å². The topological polar surface area (TPSA) is 0 Å². The molecule has 0 fully saturated rings. The molecule has 23 heavy (non-hydrogen) atoms. The van der Waals surface area contributed by atoms with Crippen molar-refractivity contribution < 1.29 is 0 Å². The quantitative estimate of drug-likeness (QED) is 0.266. The van der Waals surface area contributed by atoms with Crippen molar-refractivity contribution in [2.75, 3.05) is 0 Å². The van der Waals surface area contributed by atoms with Crippen LogP contribution >= 0.6 is 0 Å². The van der Waals surface area contributed by atoms with Crippen LogP contribution in [0.1, 0.15) is 125 Å². The fourth-order valence-electron chi connectivity index (χ4n) is 3.63. The molecule has 0 aromatic heterocycles. The summed E-state index contributed by atoms with van der Waals surface area (Å²) in [5.74, 6) is 3.77. The first-order chi connectivity index (χ1) is 11.0. The highest BCUT2D eigenvalue weighted by molar-refractivity contribution is 4.61. The monoisotopic (exact) mass is 324 g/mol. The van der Waals surface area contributed by atoms with Crippen LogP contribution in [0.3, 0.4) is 0 Å². The van der Waals surface area contributed by atoms with E-state index >= 15 is 0 Å². The Morgan fingerprint density at radius 3 is 1.04 bits per heavy atom. The van der Waals surface area contributed by atoms with Crippen LogP contribution in [0.2, 0.25) is 0 Å². The molecule has 0 nitrogen and oxygen atoms in total. The van der Waals surface area contributed by atoms with E-state index in [4.69, 9.17) is 0 Å². The lowest BCUT2D eigenvalue weighted by Gasteiger charge is -2.16. The third-order valence-corrected chi connectivity index (χ3v) is 5.93. The SMILES string of the molecule is CCCCC(C)CCCC(C)CCCC(C)CCCC(C)CC. The molecular weight excluding hydrogens is 276 g/mol. The molecule has 0 rings (SSSR count). The lowest BCUT2D eigenvalue weighted by Crippen LogP contribution is -2.01. The highest BCUT2D eigenvalue weighted by Gasteiger charge is 2.08. The average Bonchev–Trinajstić information content (AvgIpc) is 2.52. The first-order valence-corrected chi connectivity index (χ1v) is 11.0. The Bertz CT molecular complexity index is 232. The van der Waals surface area contributed by atoms with Crippen molar-refractivity contribution in [3.8, 4) is 0 Å². The van der Waals surface area contributed by atoms with Crippen molar-refractivity contribution in [1.29, 1.82) is 0 Å². The van der Waals surface area contributed by atoms with Crippen molar-refractivity contribution in [1.82, 2.24) is 0 Å². The van der Waals surface area contributed by atoms with Gasteiger partial charge in [-0.25, -0.2) is 0 Å². The minimum absolute atomic E-state index is 0.932. The smallest absolute Gasteiger partial charge is 0.0443 e. The highest BCUT2D eigenvalue weighted by atomic mass is 14.1. The number of hydrogen-bond acceptors (Lipinski definition) is 0. The van der Waals surface area contributed by atoms with Crippen LogP contribution in [0.15, 0.2) is 0 Å². The predicted octanol–water partition coefficient (Wildman–Crippen LogP) is 8.64. The Kier molecular flexibility index (Phi) is 15.5. The Balaban J connectivity index is 3.49. The molecule has 0 saturated heterocycles. The van der Waals surface area contributed by atoms with Gasteiger partial charge in [-0.15, -0.1) is 0 Å². The van der Waals surface area contributed by atoms with Crippen LogP contribution < -0.4 is 0 Å². The molecule has 0 aliphatic heterocycles. The summed E-state index contributed by atoms with van der Waals surface area (Å²) in [6.07, 6.45) is 18.6. The molecule has 0 N–H and O–H groups in total. The zero-order valence-electron chi connectivity index (χ0n) is 17.5. The number of unbranched alkanes of at least 4 members (excludes halogenated alkanes) is 1. The van der Waals surface area contributed by atoms with Crippen LogP contribution in [0.25, 0.3) is 0 Å². The zero-order chi connectivity index (χ0) is 17.5. The van der Waals surface area contributed by atoms with E-state index in [-0.39, 0.29) is 0 Å².